The summed E-state index contributed by atoms with van der Waals surface area (Å²) < 4.78 is 5.25. The Morgan fingerprint density at radius 1 is 1.06 bits per heavy atom. The highest BCUT2D eigenvalue weighted by molar-refractivity contribution is 14.0. The molecule has 1 saturated carbocycles. The zero-order chi connectivity index (χ0) is 23.0. The van der Waals surface area contributed by atoms with Crippen molar-refractivity contribution >= 4 is 41.8 Å². The summed E-state index contributed by atoms with van der Waals surface area (Å²) >= 11 is 0. The van der Waals surface area contributed by atoms with Gasteiger partial charge in [0.1, 0.15) is 5.76 Å². The lowest BCUT2D eigenvalue weighted by atomic mass is 9.84. The Labute approximate surface area is 212 Å². The molecule has 180 valence electrons. The van der Waals surface area contributed by atoms with E-state index in [0.717, 1.165) is 31.2 Å². The summed E-state index contributed by atoms with van der Waals surface area (Å²) in [6.45, 7) is 1.41. The SMILES string of the molecule is CN=C(NCc1cccc(C(=O)NCc2ccco2)c1)NCC1(C(=O)N(C)C)CCCC1.I. The van der Waals surface area contributed by atoms with E-state index in [2.05, 4.69) is 20.9 Å². The number of hydrogen-bond donors (Lipinski definition) is 3. The third kappa shape index (κ3) is 7.21. The van der Waals surface area contributed by atoms with Gasteiger partial charge in [0, 0.05) is 39.8 Å². The van der Waals surface area contributed by atoms with Gasteiger partial charge in [0.05, 0.1) is 18.2 Å². The van der Waals surface area contributed by atoms with Crippen LogP contribution in [0.25, 0.3) is 0 Å². The smallest absolute Gasteiger partial charge is 0.251 e. The van der Waals surface area contributed by atoms with Crippen LogP contribution in [0.1, 0.15) is 47.4 Å². The minimum atomic E-state index is -0.368. The van der Waals surface area contributed by atoms with Gasteiger partial charge in [-0.25, -0.2) is 0 Å². The summed E-state index contributed by atoms with van der Waals surface area (Å²) in [6.07, 6.45) is 5.51. The van der Waals surface area contributed by atoms with E-state index in [1.807, 2.05) is 38.4 Å². The maximum atomic E-state index is 12.8. The maximum absolute atomic E-state index is 12.8. The molecule has 0 radical (unpaired) electrons. The Kier molecular flexibility index (Phi) is 10.2. The quantitative estimate of drug-likeness (QED) is 0.259. The van der Waals surface area contributed by atoms with E-state index in [1.165, 1.54) is 0 Å². The third-order valence-electron chi connectivity index (χ3n) is 5.89. The molecule has 1 fully saturated rings. The second-order valence-corrected chi connectivity index (χ2v) is 8.43. The normalized spacial score (nSPS) is 14.8. The highest BCUT2D eigenvalue weighted by atomic mass is 127. The largest absolute Gasteiger partial charge is 0.467 e. The lowest BCUT2D eigenvalue weighted by Gasteiger charge is -2.31. The number of nitrogens with zero attached hydrogens (tertiary/aromatic N) is 2. The summed E-state index contributed by atoms with van der Waals surface area (Å²) in [4.78, 5) is 31.2. The van der Waals surface area contributed by atoms with E-state index in [4.69, 9.17) is 4.42 Å². The van der Waals surface area contributed by atoms with Crippen LogP contribution in [0.2, 0.25) is 0 Å². The Bertz CT molecular complexity index is 937. The molecule has 0 saturated heterocycles. The minimum absolute atomic E-state index is 0. The van der Waals surface area contributed by atoms with Gasteiger partial charge in [-0.3, -0.25) is 14.6 Å². The fourth-order valence-corrected chi connectivity index (χ4v) is 4.16. The zero-order valence-corrected chi connectivity index (χ0v) is 21.8. The first-order chi connectivity index (χ1) is 15.4. The molecule has 0 bridgehead atoms. The lowest BCUT2D eigenvalue weighted by Crippen LogP contribution is -2.49. The number of carbonyl (C=O) groups is 2. The number of rotatable bonds is 8. The Morgan fingerprint density at radius 2 is 1.82 bits per heavy atom. The molecule has 8 nitrogen and oxygen atoms in total. The first-order valence-electron chi connectivity index (χ1n) is 11.0. The second-order valence-electron chi connectivity index (χ2n) is 8.43. The molecule has 1 aliphatic rings. The number of nitrogens with one attached hydrogen (secondary N) is 3. The molecule has 2 amide bonds. The van der Waals surface area contributed by atoms with Crippen molar-refractivity contribution in [2.45, 2.75) is 38.8 Å². The van der Waals surface area contributed by atoms with Crippen molar-refractivity contribution < 1.29 is 14.0 Å². The molecular formula is C24H34IN5O3. The van der Waals surface area contributed by atoms with Crippen molar-refractivity contribution in [2.75, 3.05) is 27.7 Å². The first-order valence-corrected chi connectivity index (χ1v) is 11.0. The predicted molar refractivity (Wildman–Crippen MR) is 140 cm³/mol. The molecule has 33 heavy (non-hydrogen) atoms. The number of amides is 2. The molecule has 0 aliphatic heterocycles. The first kappa shape index (κ1) is 26.7. The van der Waals surface area contributed by atoms with Gasteiger partial charge in [0.2, 0.25) is 5.91 Å². The molecule has 0 spiro atoms. The highest BCUT2D eigenvalue weighted by Gasteiger charge is 2.42. The molecule has 9 heteroatoms. The lowest BCUT2D eigenvalue weighted by molar-refractivity contribution is -0.138. The van der Waals surface area contributed by atoms with E-state index < -0.39 is 0 Å². The average Bonchev–Trinajstić information content (AvgIpc) is 3.50. The number of aliphatic imine (C=N–C) groups is 1. The Balaban J connectivity index is 0.00000385. The van der Waals surface area contributed by atoms with Crippen molar-refractivity contribution in [2.24, 2.45) is 10.4 Å². The van der Waals surface area contributed by atoms with Gasteiger partial charge < -0.3 is 25.3 Å². The van der Waals surface area contributed by atoms with E-state index in [1.54, 1.807) is 30.3 Å². The van der Waals surface area contributed by atoms with Crippen LogP contribution in [0.5, 0.6) is 0 Å². The summed E-state index contributed by atoms with van der Waals surface area (Å²) in [7, 11) is 5.34. The van der Waals surface area contributed by atoms with Crippen molar-refractivity contribution in [1.29, 1.82) is 0 Å². The van der Waals surface area contributed by atoms with Gasteiger partial charge in [-0.05, 0) is 42.7 Å². The van der Waals surface area contributed by atoms with Gasteiger partial charge in [-0.2, -0.15) is 0 Å². The summed E-state index contributed by atoms with van der Waals surface area (Å²) in [5.41, 5.74) is 1.17. The summed E-state index contributed by atoms with van der Waals surface area (Å²) in [5.74, 6) is 1.36. The molecular weight excluding hydrogens is 533 g/mol. The van der Waals surface area contributed by atoms with Crippen LogP contribution in [-0.4, -0.2) is 50.4 Å². The van der Waals surface area contributed by atoms with Crippen LogP contribution in [0, 0.1) is 5.41 Å². The van der Waals surface area contributed by atoms with E-state index in [0.29, 0.717) is 36.9 Å². The van der Waals surface area contributed by atoms with Crippen LogP contribution in [0.3, 0.4) is 0 Å². The third-order valence-corrected chi connectivity index (χ3v) is 5.89. The molecule has 0 unspecified atom stereocenters. The van der Waals surface area contributed by atoms with Gasteiger partial charge in [-0.15, -0.1) is 24.0 Å². The fourth-order valence-electron chi connectivity index (χ4n) is 4.16. The van der Waals surface area contributed by atoms with Crippen molar-refractivity contribution in [3.63, 3.8) is 0 Å². The standard InChI is InChI=1S/C24H33N5O3.HI/c1-25-23(28-17-24(11-4-5-12-24)22(31)29(2)3)27-15-18-8-6-9-19(14-18)21(30)26-16-20-10-7-13-32-20;/h6-10,13-14H,4-5,11-12,15-17H2,1-3H3,(H,26,30)(H2,25,27,28);1H. The zero-order valence-electron chi connectivity index (χ0n) is 19.5. The molecule has 1 heterocycles. The number of halogens is 1. The molecule has 2 aromatic rings. The number of furan rings is 1. The van der Waals surface area contributed by atoms with E-state index in [-0.39, 0.29) is 41.2 Å². The number of benzene rings is 1. The molecule has 3 rings (SSSR count). The molecule has 0 atom stereocenters. The van der Waals surface area contributed by atoms with Crippen LogP contribution in [-0.2, 0) is 17.9 Å². The number of hydrogen-bond acceptors (Lipinski definition) is 4. The van der Waals surface area contributed by atoms with Gasteiger partial charge >= 0.3 is 0 Å². The molecule has 1 aromatic heterocycles. The van der Waals surface area contributed by atoms with Crippen molar-refractivity contribution in [3.8, 4) is 0 Å². The van der Waals surface area contributed by atoms with Gasteiger partial charge in [0.25, 0.3) is 5.91 Å². The van der Waals surface area contributed by atoms with E-state index in [9.17, 15) is 9.59 Å². The minimum Gasteiger partial charge on any atom is -0.467 e. The Morgan fingerprint density at radius 3 is 2.45 bits per heavy atom. The molecule has 1 aromatic carbocycles. The maximum Gasteiger partial charge on any atom is 0.251 e. The molecule has 1 aliphatic carbocycles. The number of guanidine groups is 1. The van der Waals surface area contributed by atoms with Crippen LogP contribution in [0.15, 0.2) is 52.1 Å². The van der Waals surface area contributed by atoms with Crippen LogP contribution >= 0.6 is 24.0 Å². The fraction of sp³-hybridized carbons (Fsp3) is 0.458. The predicted octanol–water partition coefficient (Wildman–Crippen LogP) is 3.14. The number of carbonyl (C=O) groups excluding carboxylic acids is 2. The van der Waals surface area contributed by atoms with E-state index >= 15 is 0 Å². The highest BCUT2D eigenvalue weighted by Crippen LogP contribution is 2.38. The van der Waals surface area contributed by atoms with Crippen LogP contribution < -0.4 is 16.0 Å². The van der Waals surface area contributed by atoms with Gasteiger partial charge in [-0.1, -0.05) is 25.0 Å². The van der Waals surface area contributed by atoms with Crippen molar-refractivity contribution in [3.05, 3.63) is 59.5 Å². The Hall–Kier alpha value is -2.56. The summed E-state index contributed by atoms with van der Waals surface area (Å²) in [5, 5.41) is 9.47. The monoisotopic (exact) mass is 567 g/mol. The molecule has 3 N–H and O–H groups in total. The van der Waals surface area contributed by atoms with Gasteiger partial charge in [0.15, 0.2) is 5.96 Å². The topological polar surface area (TPSA) is 99.0 Å². The van der Waals surface area contributed by atoms with Crippen LogP contribution in [0.4, 0.5) is 0 Å². The second kappa shape index (κ2) is 12.6. The average molecular weight is 567 g/mol. The van der Waals surface area contributed by atoms with Crippen molar-refractivity contribution in [1.82, 2.24) is 20.9 Å². The summed E-state index contributed by atoms with van der Waals surface area (Å²) in [6, 6.07) is 11.1.